The average Bonchev–Trinajstić information content (AvgIpc) is 2.88. The van der Waals surface area contributed by atoms with E-state index in [1.165, 1.54) is 0 Å². The van der Waals surface area contributed by atoms with Crippen molar-refractivity contribution in [3.63, 3.8) is 0 Å². The molecule has 3 nitrogen and oxygen atoms in total. The zero-order chi connectivity index (χ0) is 9.68. The second kappa shape index (κ2) is 5.69. The summed E-state index contributed by atoms with van der Waals surface area (Å²) in [6, 6.07) is 1.14. The van der Waals surface area contributed by atoms with Crippen LogP contribution in [0.1, 0.15) is 19.3 Å². The van der Waals surface area contributed by atoms with Crippen molar-refractivity contribution >= 4 is 25.3 Å². The Labute approximate surface area is 84.1 Å². The van der Waals surface area contributed by atoms with E-state index in [9.17, 15) is 4.79 Å². The Kier molecular flexibility index (Phi) is 4.86. The van der Waals surface area contributed by atoms with Gasteiger partial charge in [-0.25, -0.2) is 0 Å². The second-order valence-electron chi connectivity index (χ2n) is 3.64. The van der Waals surface area contributed by atoms with Gasteiger partial charge in [-0.15, -0.1) is 0 Å². The number of carbonyl (C=O) groups is 1. The molecule has 1 aliphatic heterocycles. The topological polar surface area (TPSA) is 38.8 Å². The zero-order valence-corrected chi connectivity index (χ0v) is 11.6. The summed E-state index contributed by atoms with van der Waals surface area (Å²) in [7, 11) is -0.0312. The first-order valence-electron chi connectivity index (χ1n) is 4.88. The van der Waals surface area contributed by atoms with E-state index in [2.05, 4.69) is 6.55 Å². The summed E-state index contributed by atoms with van der Waals surface area (Å²) in [4.78, 5) is 11.3. The van der Waals surface area contributed by atoms with E-state index in [1.54, 1.807) is 0 Å². The van der Waals surface area contributed by atoms with Crippen molar-refractivity contribution in [1.82, 2.24) is 0 Å². The Hall–Kier alpha value is 0.0238. The predicted octanol–water partition coefficient (Wildman–Crippen LogP) is -0.225. The minimum atomic E-state index is -0.882. The van der Waals surface area contributed by atoms with Crippen LogP contribution >= 0.6 is 0 Å². The molecule has 76 valence electrons. The van der Waals surface area contributed by atoms with Crippen molar-refractivity contribution in [1.29, 1.82) is 0 Å². The highest BCUT2D eigenvalue weighted by Gasteiger charge is 2.25. The van der Waals surface area contributed by atoms with Gasteiger partial charge in [0.25, 0.3) is 0 Å². The Balaban J connectivity index is 1.94. The van der Waals surface area contributed by atoms with Crippen molar-refractivity contribution in [2.24, 2.45) is 0 Å². The first-order chi connectivity index (χ1) is 6.22. The van der Waals surface area contributed by atoms with Crippen molar-refractivity contribution in [2.75, 3.05) is 6.61 Å². The third kappa shape index (κ3) is 5.35. The number of epoxide rings is 1. The SMILES string of the molecule is C[SiH](CCCC(=O)CC1CO1)O[SiH3]. The highest BCUT2D eigenvalue weighted by atomic mass is 28.3. The van der Waals surface area contributed by atoms with Crippen LogP contribution < -0.4 is 0 Å². The van der Waals surface area contributed by atoms with Crippen LogP contribution in [0.15, 0.2) is 0 Å². The number of ketones is 1. The lowest BCUT2D eigenvalue weighted by molar-refractivity contribution is -0.119. The first-order valence-corrected chi connectivity index (χ1v) is 8.14. The molecule has 5 heteroatoms. The third-order valence-electron chi connectivity index (χ3n) is 2.33. The molecule has 0 radical (unpaired) electrons. The van der Waals surface area contributed by atoms with Crippen molar-refractivity contribution in [2.45, 2.75) is 38.0 Å². The van der Waals surface area contributed by atoms with Crippen molar-refractivity contribution in [3.05, 3.63) is 0 Å². The Morgan fingerprint density at radius 2 is 2.46 bits per heavy atom. The molecule has 1 rings (SSSR count). The summed E-state index contributed by atoms with van der Waals surface area (Å²) in [5.74, 6) is 0.358. The van der Waals surface area contributed by atoms with Gasteiger partial charge in [-0.3, -0.25) is 4.79 Å². The van der Waals surface area contributed by atoms with Gasteiger partial charge in [0.2, 0.25) is 0 Å². The molecule has 13 heavy (non-hydrogen) atoms. The highest BCUT2D eigenvalue weighted by Crippen LogP contribution is 2.15. The molecule has 1 aliphatic rings. The smallest absolute Gasteiger partial charge is 0.159 e. The summed E-state index contributed by atoms with van der Waals surface area (Å²) in [5.41, 5.74) is 0. The molecule has 2 atom stereocenters. The van der Waals surface area contributed by atoms with Crippen LogP contribution in [0.25, 0.3) is 0 Å². The molecule has 0 spiro atoms. The molecule has 1 fully saturated rings. The minimum absolute atomic E-state index is 0.261. The summed E-state index contributed by atoms with van der Waals surface area (Å²) >= 11 is 0. The average molecular weight is 218 g/mol. The summed E-state index contributed by atoms with van der Waals surface area (Å²) in [5, 5.41) is 0. The fourth-order valence-electron chi connectivity index (χ4n) is 1.25. The molecule has 1 saturated heterocycles. The maximum Gasteiger partial charge on any atom is 0.159 e. The largest absolute Gasteiger partial charge is 0.466 e. The van der Waals surface area contributed by atoms with Crippen LogP contribution in [0.4, 0.5) is 0 Å². The maximum atomic E-state index is 11.3. The van der Waals surface area contributed by atoms with E-state index in [0.29, 0.717) is 12.2 Å². The van der Waals surface area contributed by atoms with Gasteiger partial charge in [0, 0.05) is 12.8 Å². The van der Waals surface area contributed by atoms with Gasteiger partial charge in [-0.05, 0) is 19.0 Å². The lowest BCUT2D eigenvalue weighted by atomic mass is 10.1. The quantitative estimate of drug-likeness (QED) is 0.438. The zero-order valence-electron chi connectivity index (χ0n) is 8.41. The van der Waals surface area contributed by atoms with E-state index in [0.717, 1.165) is 36.0 Å². The fourth-order valence-corrected chi connectivity index (χ4v) is 2.97. The molecule has 0 aromatic rings. The van der Waals surface area contributed by atoms with Crippen molar-refractivity contribution < 1.29 is 13.6 Å². The standard InChI is InChI=1S/C8H18O3Si2/c1-13(11-12)4-2-3-7(9)5-8-6-10-8/h8,13H,2-6H2,1,12H3. The number of hydrogen-bond acceptors (Lipinski definition) is 3. The van der Waals surface area contributed by atoms with Gasteiger partial charge in [0.15, 0.2) is 9.04 Å². The number of ether oxygens (including phenoxy) is 1. The molecular weight excluding hydrogens is 200 g/mol. The lowest BCUT2D eigenvalue weighted by Crippen LogP contribution is -2.11. The third-order valence-corrected chi connectivity index (χ3v) is 6.77. The Morgan fingerprint density at radius 3 is 3.00 bits per heavy atom. The predicted molar refractivity (Wildman–Crippen MR) is 57.4 cm³/mol. The van der Waals surface area contributed by atoms with Crippen LogP contribution in [0.5, 0.6) is 0 Å². The van der Waals surface area contributed by atoms with Gasteiger partial charge in [-0.2, -0.15) is 0 Å². The molecule has 0 aromatic carbocycles. The summed E-state index contributed by atoms with van der Waals surface area (Å²) < 4.78 is 10.4. The first kappa shape index (κ1) is 11.1. The highest BCUT2D eigenvalue weighted by molar-refractivity contribution is 6.54. The Bertz CT molecular complexity index is 171. The summed E-state index contributed by atoms with van der Waals surface area (Å²) in [6.45, 7) is 2.99. The van der Waals surface area contributed by atoms with E-state index in [1.807, 2.05) is 0 Å². The fraction of sp³-hybridized carbons (Fsp3) is 0.875. The molecule has 0 saturated carbocycles. The molecule has 0 N–H and O–H groups in total. The van der Waals surface area contributed by atoms with Gasteiger partial charge in [0.1, 0.15) is 16.3 Å². The molecule has 0 aliphatic carbocycles. The maximum absolute atomic E-state index is 11.3. The lowest BCUT2D eigenvalue weighted by Gasteiger charge is -2.06. The summed E-state index contributed by atoms with van der Waals surface area (Å²) in [6.07, 6.45) is 2.64. The van der Waals surface area contributed by atoms with E-state index in [4.69, 9.17) is 8.85 Å². The van der Waals surface area contributed by atoms with Crippen LogP contribution in [0.2, 0.25) is 12.6 Å². The van der Waals surface area contributed by atoms with E-state index in [-0.39, 0.29) is 6.10 Å². The van der Waals surface area contributed by atoms with Crippen LogP contribution in [-0.4, -0.2) is 38.0 Å². The number of carbonyl (C=O) groups excluding carboxylic acids is 1. The second-order valence-corrected chi connectivity index (χ2v) is 7.72. The molecular formula is C8H18O3Si2. The number of rotatable bonds is 7. The van der Waals surface area contributed by atoms with Crippen molar-refractivity contribution in [3.8, 4) is 0 Å². The molecule has 0 bridgehead atoms. The molecule has 2 unspecified atom stereocenters. The van der Waals surface area contributed by atoms with Gasteiger partial charge >= 0.3 is 0 Å². The number of Topliss-reactive ketones (excluding diaryl/α,β-unsaturated/α-hetero) is 1. The van der Waals surface area contributed by atoms with E-state index < -0.39 is 9.04 Å². The Morgan fingerprint density at radius 1 is 1.77 bits per heavy atom. The van der Waals surface area contributed by atoms with Crippen LogP contribution in [-0.2, 0) is 13.6 Å². The van der Waals surface area contributed by atoms with Crippen LogP contribution in [0, 0.1) is 0 Å². The molecule has 0 aromatic heterocycles. The van der Waals surface area contributed by atoms with E-state index >= 15 is 0 Å². The van der Waals surface area contributed by atoms with Gasteiger partial charge in [0.05, 0.1) is 12.7 Å². The number of hydrogen-bond donors (Lipinski definition) is 0. The van der Waals surface area contributed by atoms with Gasteiger partial charge in [-0.1, -0.05) is 0 Å². The normalized spacial score (nSPS) is 23.0. The molecule has 1 heterocycles. The monoisotopic (exact) mass is 218 g/mol. The van der Waals surface area contributed by atoms with Crippen LogP contribution in [0.3, 0.4) is 0 Å². The molecule has 0 amide bonds. The van der Waals surface area contributed by atoms with Gasteiger partial charge < -0.3 is 8.85 Å². The minimum Gasteiger partial charge on any atom is -0.466 e.